The van der Waals surface area contributed by atoms with Crippen LogP contribution in [0.2, 0.25) is 0 Å². The van der Waals surface area contributed by atoms with Crippen LogP contribution in [0.5, 0.6) is 6.01 Å². The molecule has 3 aromatic rings. The zero-order valence-corrected chi connectivity index (χ0v) is 20.7. The molecule has 7 rings (SSSR count). The minimum absolute atomic E-state index is 0.0535. The quantitative estimate of drug-likeness (QED) is 0.576. The standard InChI is InChI=1S/C28H32N6O2/c1-33-10-2-3-22(33)16-36-28-31-25-12-18(17-4-5-19-13-26(35)30-24(19)11-17)6-9-23(25)27(32-28)34-14-20-7-8-21(15-34)29-20/h4-6,9,11-12,20-22,29H,2-3,7-8,10,13-16H2,1H3,(H,30,35)/t20-,21+,22-/m0/s1. The first-order chi connectivity index (χ1) is 17.6. The van der Waals surface area contributed by atoms with E-state index in [9.17, 15) is 4.79 Å². The van der Waals surface area contributed by atoms with E-state index in [2.05, 4.69) is 57.8 Å². The Morgan fingerprint density at radius 1 is 1.03 bits per heavy atom. The monoisotopic (exact) mass is 484 g/mol. The highest BCUT2D eigenvalue weighted by Gasteiger charge is 2.34. The lowest BCUT2D eigenvalue weighted by Crippen LogP contribution is -2.51. The molecule has 0 radical (unpaired) electrons. The minimum Gasteiger partial charge on any atom is -0.462 e. The van der Waals surface area contributed by atoms with Crippen molar-refractivity contribution in [2.24, 2.45) is 0 Å². The second-order valence-corrected chi connectivity index (χ2v) is 10.8. The highest BCUT2D eigenvalue weighted by atomic mass is 16.5. The highest BCUT2D eigenvalue weighted by molar-refractivity contribution is 6.00. The Hall–Kier alpha value is -3.23. The summed E-state index contributed by atoms with van der Waals surface area (Å²) in [6.07, 6.45) is 5.26. The molecule has 8 heteroatoms. The predicted octanol–water partition coefficient (Wildman–Crippen LogP) is 3.21. The first-order valence-electron chi connectivity index (χ1n) is 13.2. The maximum atomic E-state index is 11.8. The van der Waals surface area contributed by atoms with Crippen LogP contribution in [0.25, 0.3) is 22.0 Å². The van der Waals surface area contributed by atoms with Crippen molar-refractivity contribution in [3.8, 4) is 17.1 Å². The fourth-order valence-corrected chi connectivity index (χ4v) is 6.30. The molecule has 2 bridgehead atoms. The summed E-state index contributed by atoms with van der Waals surface area (Å²) in [7, 11) is 2.16. The zero-order valence-electron chi connectivity index (χ0n) is 20.7. The van der Waals surface area contributed by atoms with Crippen molar-refractivity contribution in [3.05, 3.63) is 42.0 Å². The number of nitrogens with zero attached hydrogens (tertiary/aromatic N) is 4. The van der Waals surface area contributed by atoms with Gasteiger partial charge < -0.3 is 25.2 Å². The van der Waals surface area contributed by atoms with Crippen LogP contribution in [0, 0.1) is 0 Å². The van der Waals surface area contributed by atoms with E-state index in [1.807, 2.05) is 6.07 Å². The van der Waals surface area contributed by atoms with Gasteiger partial charge in [-0.05, 0) is 74.2 Å². The average Bonchev–Trinajstić information content (AvgIpc) is 3.57. The predicted molar refractivity (Wildman–Crippen MR) is 141 cm³/mol. The van der Waals surface area contributed by atoms with Crippen molar-refractivity contribution in [1.29, 1.82) is 0 Å². The maximum Gasteiger partial charge on any atom is 0.319 e. The summed E-state index contributed by atoms with van der Waals surface area (Å²) in [6, 6.07) is 14.5. The van der Waals surface area contributed by atoms with Crippen LogP contribution in [0.3, 0.4) is 0 Å². The van der Waals surface area contributed by atoms with Gasteiger partial charge in [-0.15, -0.1) is 0 Å². The number of benzene rings is 2. The summed E-state index contributed by atoms with van der Waals surface area (Å²) in [5, 5.41) is 7.74. The first kappa shape index (κ1) is 22.0. The van der Waals surface area contributed by atoms with Crippen LogP contribution < -0.4 is 20.3 Å². The second-order valence-electron chi connectivity index (χ2n) is 10.8. The number of hydrogen-bond acceptors (Lipinski definition) is 7. The fraction of sp³-hybridized carbons (Fsp3) is 0.464. The molecule has 4 aliphatic heterocycles. The van der Waals surface area contributed by atoms with Crippen LogP contribution >= 0.6 is 0 Å². The molecule has 5 heterocycles. The number of carbonyl (C=O) groups is 1. The van der Waals surface area contributed by atoms with Crippen LogP contribution in [0.15, 0.2) is 36.4 Å². The Morgan fingerprint density at radius 3 is 2.64 bits per heavy atom. The molecule has 3 fully saturated rings. The van der Waals surface area contributed by atoms with E-state index in [-0.39, 0.29) is 5.91 Å². The van der Waals surface area contributed by atoms with E-state index >= 15 is 0 Å². The summed E-state index contributed by atoms with van der Waals surface area (Å²) in [4.78, 5) is 26.4. The summed E-state index contributed by atoms with van der Waals surface area (Å²) in [6.45, 7) is 3.64. The molecule has 2 N–H and O–H groups in total. The van der Waals surface area contributed by atoms with Crippen molar-refractivity contribution >= 4 is 28.3 Å². The molecule has 0 unspecified atom stereocenters. The van der Waals surface area contributed by atoms with Gasteiger partial charge in [0.05, 0.1) is 11.9 Å². The molecular weight excluding hydrogens is 452 g/mol. The molecule has 0 aliphatic carbocycles. The van der Waals surface area contributed by atoms with E-state index in [0.717, 1.165) is 65.2 Å². The topological polar surface area (TPSA) is 82.6 Å². The zero-order chi connectivity index (χ0) is 24.2. The van der Waals surface area contributed by atoms with E-state index in [1.54, 1.807) is 0 Å². The number of carbonyl (C=O) groups excluding carboxylic acids is 1. The van der Waals surface area contributed by atoms with Gasteiger partial charge in [0, 0.05) is 42.3 Å². The molecule has 1 aromatic heterocycles. The maximum absolute atomic E-state index is 11.8. The van der Waals surface area contributed by atoms with Crippen LogP contribution in [0.1, 0.15) is 31.2 Å². The lowest BCUT2D eigenvalue weighted by Gasteiger charge is -2.34. The Bertz CT molecular complexity index is 1330. The molecule has 4 aliphatic rings. The normalized spacial score (nSPS) is 25.4. The van der Waals surface area contributed by atoms with Gasteiger partial charge in [-0.2, -0.15) is 9.97 Å². The van der Waals surface area contributed by atoms with Crippen molar-refractivity contribution < 1.29 is 9.53 Å². The van der Waals surface area contributed by atoms with Gasteiger partial charge in [0.25, 0.3) is 0 Å². The Labute approximate surface area is 211 Å². The number of ether oxygens (including phenoxy) is 1. The third kappa shape index (κ3) is 3.98. The van der Waals surface area contributed by atoms with Crippen LogP contribution in [-0.4, -0.2) is 72.2 Å². The largest absolute Gasteiger partial charge is 0.462 e. The fourth-order valence-electron chi connectivity index (χ4n) is 6.30. The number of hydrogen-bond donors (Lipinski definition) is 2. The van der Waals surface area contributed by atoms with E-state index in [0.29, 0.717) is 37.2 Å². The number of fused-ring (bicyclic) bond motifs is 4. The number of amides is 1. The molecule has 0 saturated carbocycles. The molecule has 8 nitrogen and oxygen atoms in total. The molecule has 1 amide bonds. The van der Waals surface area contributed by atoms with Crippen molar-refractivity contribution in [1.82, 2.24) is 20.2 Å². The summed E-state index contributed by atoms with van der Waals surface area (Å²) >= 11 is 0. The summed E-state index contributed by atoms with van der Waals surface area (Å²) in [5.74, 6) is 1.03. The van der Waals surface area contributed by atoms with Gasteiger partial charge in [-0.1, -0.05) is 18.2 Å². The third-order valence-electron chi connectivity index (χ3n) is 8.32. The Morgan fingerprint density at radius 2 is 1.83 bits per heavy atom. The van der Waals surface area contributed by atoms with E-state index in [1.165, 1.54) is 19.3 Å². The number of aromatic nitrogens is 2. The minimum atomic E-state index is 0.0535. The second kappa shape index (κ2) is 8.71. The van der Waals surface area contributed by atoms with Gasteiger partial charge >= 0.3 is 6.01 Å². The number of likely N-dealkylation sites (N-methyl/N-ethyl adjacent to an activating group) is 1. The SMILES string of the molecule is CN1CCC[C@H]1COc1nc(N2C[C@H]3CC[C@@H](C2)N3)c2ccc(-c3ccc4c(c3)NC(=O)C4)cc2n1. The first-order valence-corrected chi connectivity index (χ1v) is 13.2. The molecule has 2 aromatic carbocycles. The van der Waals surface area contributed by atoms with Gasteiger partial charge in [-0.3, -0.25) is 4.79 Å². The van der Waals surface area contributed by atoms with Gasteiger partial charge in [0.1, 0.15) is 12.4 Å². The molecule has 0 spiro atoms. The molecular formula is C28H32N6O2. The summed E-state index contributed by atoms with van der Waals surface area (Å²) < 4.78 is 6.23. The number of nitrogens with one attached hydrogen (secondary N) is 2. The molecule has 36 heavy (non-hydrogen) atoms. The number of likely N-dealkylation sites (tertiary alicyclic amines) is 1. The average molecular weight is 485 g/mol. The van der Waals surface area contributed by atoms with Crippen molar-refractivity contribution in [2.45, 2.75) is 50.2 Å². The van der Waals surface area contributed by atoms with Crippen LogP contribution in [0.4, 0.5) is 11.5 Å². The van der Waals surface area contributed by atoms with E-state index < -0.39 is 0 Å². The summed E-state index contributed by atoms with van der Waals surface area (Å²) in [5.41, 5.74) is 4.98. The van der Waals surface area contributed by atoms with Gasteiger partial charge in [0.15, 0.2) is 0 Å². The Balaban J connectivity index is 1.26. The van der Waals surface area contributed by atoms with Crippen LogP contribution in [-0.2, 0) is 11.2 Å². The molecule has 3 saturated heterocycles. The lowest BCUT2D eigenvalue weighted by molar-refractivity contribution is -0.115. The highest BCUT2D eigenvalue weighted by Crippen LogP contribution is 2.35. The Kier molecular flexibility index (Phi) is 5.32. The number of piperazine rings is 1. The lowest BCUT2D eigenvalue weighted by atomic mass is 10.0. The molecule has 3 atom stereocenters. The van der Waals surface area contributed by atoms with Crippen molar-refractivity contribution in [3.63, 3.8) is 0 Å². The van der Waals surface area contributed by atoms with Gasteiger partial charge in [0.2, 0.25) is 5.91 Å². The smallest absolute Gasteiger partial charge is 0.319 e. The van der Waals surface area contributed by atoms with E-state index in [4.69, 9.17) is 14.7 Å². The third-order valence-corrected chi connectivity index (χ3v) is 8.32. The van der Waals surface area contributed by atoms with Crippen molar-refractivity contribution in [2.75, 3.05) is 43.5 Å². The van der Waals surface area contributed by atoms with Gasteiger partial charge in [-0.25, -0.2) is 0 Å². The number of anilines is 2. The molecule has 186 valence electrons. The number of rotatable bonds is 5.